The number of aromatic nitrogens is 2. The zero-order valence-corrected chi connectivity index (χ0v) is 13.0. The topological polar surface area (TPSA) is 41.0 Å². The molecule has 1 heterocycles. The molecule has 1 aliphatic rings. The molecule has 6 heteroatoms. The molecule has 0 aromatic carbocycles. The Bertz CT molecular complexity index is 405. The number of rotatable bonds is 3. The second kappa shape index (κ2) is 6.17. The highest BCUT2D eigenvalue weighted by atomic mass is 79.9. The molecule has 0 atom stereocenters. The Morgan fingerprint density at radius 3 is 2.61 bits per heavy atom. The van der Waals surface area contributed by atoms with Gasteiger partial charge in [0, 0.05) is 18.3 Å². The summed E-state index contributed by atoms with van der Waals surface area (Å²) >= 11 is 9.25. The fourth-order valence-corrected chi connectivity index (χ4v) is 2.82. The second-order valence-electron chi connectivity index (χ2n) is 4.95. The van der Waals surface area contributed by atoms with Crippen molar-refractivity contribution in [3.63, 3.8) is 0 Å². The lowest BCUT2D eigenvalue weighted by Crippen LogP contribution is -2.36. The fraction of sp³-hybridized carbons (Fsp3) is 0.667. The average molecular weight is 334 g/mol. The summed E-state index contributed by atoms with van der Waals surface area (Å²) in [4.78, 5) is 10.4. The molecule has 1 aromatic rings. The highest BCUT2D eigenvalue weighted by Crippen LogP contribution is 2.27. The van der Waals surface area contributed by atoms with Crippen LogP contribution in [-0.2, 0) is 0 Å². The first-order valence-corrected chi connectivity index (χ1v) is 7.34. The van der Waals surface area contributed by atoms with Crippen LogP contribution in [0.25, 0.3) is 0 Å². The highest BCUT2D eigenvalue weighted by molar-refractivity contribution is 9.10. The van der Waals surface area contributed by atoms with E-state index in [1.165, 1.54) is 12.8 Å². The highest BCUT2D eigenvalue weighted by Gasteiger charge is 2.23. The number of halogens is 2. The van der Waals surface area contributed by atoms with E-state index in [0.29, 0.717) is 12.1 Å². The van der Waals surface area contributed by atoms with Gasteiger partial charge < -0.3 is 10.2 Å². The van der Waals surface area contributed by atoms with E-state index in [-0.39, 0.29) is 5.28 Å². The molecule has 4 nitrogen and oxygen atoms in total. The second-order valence-corrected chi connectivity index (χ2v) is 6.14. The minimum atomic E-state index is 0.280. The molecular weight excluding hydrogens is 316 g/mol. The van der Waals surface area contributed by atoms with Crippen LogP contribution >= 0.6 is 27.5 Å². The Morgan fingerprint density at radius 2 is 2.00 bits per heavy atom. The van der Waals surface area contributed by atoms with Crippen molar-refractivity contribution in [3.8, 4) is 0 Å². The lowest BCUT2D eigenvalue weighted by molar-refractivity contribution is 0.221. The summed E-state index contributed by atoms with van der Waals surface area (Å²) in [6.45, 7) is 0. The van der Waals surface area contributed by atoms with Crippen molar-refractivity contribution >= 4 is 33.3 Å². The van der Waals surface area contributed by atoms with E-state index in [9.17, 15) is 0 Å². The molecule has 0 unspecified atom stereocenters. The van der Waals surface area contributed by atoms with E-state index in [1.54, 1.807) is 6.20 Å². The fourth-order valence-electron chi connectivity index (χ4n) is 2.38. The number of nitrogens with zero attached hydrogens (tertiary/aromatic N) is 3. The maximum absolute atomic E-state index is 5.81. The van der Waals surface area contributed by atoms with Gasteiger partial charge in [0.2, 0.25) is 5.28 Å². The molecule has 0 aliphatic heterocycles. The number of hydrogen-bond acceptors (Lipinski definition) is 4. The van der Waals surface area contributed by atoms with Gasteiger partial charge >= 0.3 is 0 Å². The number of anilines is 1. The predicted octanol–water partition coefficient (Wildman–Crippen LogP) is 3.18. The van der Waals surface area contributed by atoms with Gasteiger partial charge in [-0.15, -0.1) is 0 Å². The molecule has 0 spiro atoms. The summed E-state index contributed by atoms with van der Waals surface area (Å²) in [6.07, 6.45) is 6.46. The molecule has 18 heavy (non-hydrogen) atoms. The first-order chi connectivity index (χ1) is 8.56. The minimum absolute atomic E-state index is 0.280. The van der Waals surface area contributed by atoms with Crippen molar-refractivity contribution in [2.45, 2.75) is 37.8 Å². The first-order valence-electron chi connectivity index (χ1n) is 6.17. The smallest absolute Gasteiger partial charge is 0.224 e. The Balaban J connectivity index is 1.93. The van der Waals surface area contributed by atoms with E-state index in [1.807, 2.05) is 0 Å². The minimum Gasteiger partial charge on any atom is -0.366 e. The number of hydrogen-bond donors (Lipinski definition) is 1. The van der Waals surface area contributed by atoms with Crippen molar-refractivity contribution in [2.75, 3.05) is 19.4 Å². The maximum atomic E-state index is 5.81. The van der Waals surface area contributed by atoms with Gasteiger partial charge in [-0.25, -0.2) is 4.98 Å². The van der Waals surface area contributed by atoms with Gasteiger partial charge in [-0.1, -0.05) is 0 Å². The van der Waals surface area contributed by atoms with Gasteiger partial charge in [0.25, 0.3) is 0 Å². The third-order valence-corrected chi connectivity index (χ3v) is 4.24. The Labute approximate surface area is 121 Å². The maximum Gasteiger partial charge on any atom is 0.224 e. The summed E-state index contributed by atoms with van der Waals surface area (Å²) in [5.74, 6) is 0.795. The Kier molecular flexibility index (Phi) is 4.81. The van der Waals surface area contributed by atoms with E-state index in [0.717, 1.165) is 23.1 Å². The summed E-state index contributed by atoms with van der Waals surface area (Å²) in [5.41, 5.74) is 0. The van der Waals surface area contributed by atoms with Crippen molar-refractivity contribution in [1.29, 1.82) is 0 Å². The number of nitrogens with one attached hydrogen (secondary N) is 1. The summed E-state index contributed by atoms with van der Waals surface area (Å²) < 4.78 is 0.863. The average Bonchev–Trinajstić information content (AvgIpc) is 2.34. The van der Waals surface area contributed by atoms with E-state index in [2.05, 4.69) is 50.2 Å². The Morgan fingerprint density at radius 1 is 1.33 bits per heavy atom. The van der Waals surface area contributed by atoms with E-state index >= 15 is 0 Å². The van der Waals surface area contributed by atoms with Crippen LogP contribution in [0.1, 0.15) is 25.7 Å². The third-order valence-electron chi connectivity index (χ3n) is 3.48. The SMILES string of the molecule is CN(C)C1CCC(Nc2nc(Cl)ncc2Br)CC1. The summed E-state index contributed by atoms with van der Waals surface area (Å²) in [7, 11) is 4.30. The molecule has 1 fully saturated rings. The predicted molar refractivity (Wildman–Crippen MR) is 78.1 cm³/mol. The lowest BCUT2D eigenvalue weighted by Gasteiger charge is -2.33. The zero-order valence-electron chi connectivity index (χ0n) is 10.7. The summed E-state index contributed by atoms with van der Waals surface area (Å²) in [5, 5.41) is 3.73. The lowest BCUT2D eigenvalue weighted by atomic mass is 9.90. The van der Waals surface area contributed by atoms with Gasteiger partial charge in [0.05, 0.1) is 4.47 Å². The van der Waals surface area contributed by atoms with Crippen molar-refractivity contribution in [3.05, 3.63) is 16.0 Å². The molecule has 1 aromatic heterocycles. The van der Waals surface area contributed by atoms with Gasteiger partial charge in [-0.05, 0) is 67.3 Å². The van der Waals surface area contributed by atoms with Crippen LogP contribution in [0.2, 0.25) is 5.28 Å². The molecule has 1 aliphatic carbocycles. The van der Waals surface area contributed by atoms with Crippen molar-refractivity contribution < 1.29 is 0 Å². The Hall–Kier alpha value is -0.390. The van der Waals surface area contributed by atoms with Gasteiger partial charge in [0.1, 0.15) is 5.82 Å². The van der Waals surface area contributed by atoms with Crippen molar-refractivity contribution in [1.82, 2.24) is 14.9 Å². The molecule has 0 saturated heterocycles. The van der Waals surface area contributed by atoms with Crippen LogP contribution in [0.4, 0.5) is 5.82 Å². The normalized spacial score (nSPS) is 24.3. The van der Waals surface area contributed by atoms with Crippen LogP contribution in [-0.4, -0.2) is 41.0 Å². The van der Waals surface area contributed by atoms with E-state index in [4.69, 9.17) is 11.6 Å². The third kappa shape index (κ3) is 3.56. The molecule has 0 bridgehead atoms. The van der Waals surface area contributed by atoms with Crippen molar-refractivity contribution in [2.24, 2.45) is 0 Å². The van der Waals surface area contributed by atoms with Crippen LogP contribution in [0.15, 0.2) is 10.7 Å². The molecular formula is C12H18BrClN4. The largest absolute Gasteiger partial charge is 0.366 e. The van der Waals surface area contributed by atoms with Gasteiger partial charge in [-0.2, -0.15) is 4.98 Å². The molecule has 2 rings (SSSR count). The quantitative estimate of drug-likeness (QED) is 0.863. The van der Waals surface area contributed by atoms with Crippen LogP contribution in [0, 0.1) is 0 Å². The standard InChI is InChI=1S/C12H18BrClN4/c1-18(2)9-5-3-8(4-6-9)16-11-10(13)7-15-12(14)17-11/h7-9H,3-6H2,1-2H3,(H,15,16,17). The van der Waals surface area contributed by atoms with Crippen LogP contribution < -0.4 is 5.32 Å². The summed E-state index contributed by atoms with van der Waals surface area (Å²) in [6, 6.07) is 1.18. The molecule has 1 N–H and O–H groups in total. The van der Waals surface area contributed by atoms with E-state index < -0.39 is 0 Å². The molecule has 100 valence electrons. The molecule has 1 saturated carbocycles. The van der Waals surface area contributed by atoms with Gasteiger partial charge in [0.15, 0.2) is 0 Å². The van der Waals surface area contributed by atoms with Crippen LogP contribution in [0.5, 0.6) is 0 Å². The zero-order chi connectivity index (χ0) is 13.1. The van der Waals surface area contributed by atoms with Gasteiger partial charge in [-0.3, -0.25) is 0 Å². The molecule has 0 amide bonds. The van der Waals surface area contributed by atoms with Crippen LogP contribution in [0.3, 0.4) is 0 Å². The monoisotopic (exact) mass is 332 g/mol. The first kappa shape index (κ1) is 14.0. The molecule has 0 radical (unpaired) electrons.